The van der Waals surface area contributed by atoms with Crippen molar-refractivity contribution in [2.75, 3.05) is 26.7 Å². The zero-order chi connectivity index (χ0) is 19.8. The Balaban J connectivity index is 0.00000300. The molecule has 4 nitrogen and oxygen atoms in total. The lowest BCUT2D eigenvalue weighted by Crippen LogP contribution is -2.49. The van der Waals surface area contributed by atoms with Crippen LogP contribution in [0.5, 0.6) is 0 Å². The second-order valence-corrected chi connectivity index (χ2v) is 7.78. The van der Waals surface area contributed by atoms with Crippen LogP contribution in [0.25, 0.3) is 0 Å². The highest BCUT2D eigenvalue weighted by molar-refractivity contribution is 14.0. The topological polar surface area (TPSA) is 39.7 Å². The van der Waals surface area contributed by atoms with E-state index in [0.29, 0.717) is 12.1 Å². The van der Waals surface area contributed by atoms with Gasteiger partial charge in [-0.1, -0.05) is 60.2 Å². The largest absolute Gasteiger partial charge is 0.356 e. The van der Waals surface area contributed by atoms with Crippen molar-refractivity contribution < 1.29 is 0 Å². The second kappa shape index (κ2) is 12.2. The van der Waals surface area contributed by atoms with Gasteiger partial charge in [-0.15, -0.1) is 24.0 Å². The summed E-state index contributed by atoms with van der Waals surface area (Å²) in [6.07, 6.45) is 3.31. The summed E-state index contributed by atoms with van der Waals surface area (Å²) in [6.45, 7) is 7.57. The van der Waals surface area contributed by atoms with E-state index in [0.717, 1.165) is 44.9 Å². The number of nitrogens with zero attached hydrogens (tertiary/aromatic N) is 2. The first-order chi connectivity index (χ1) is 13.7. The molecule has 0 spiro atoms. The summed E-state index contributed by atoms with van der Waals surface area (Å²) in [6, 6.07) is 20.5. The van der Waals surface area contributed by atoms with E-state index in [2.05, 4.69) is 89.0 Å². The van der Waals surface area contributed by atoms with E-state index >= 15 is 0 Å². The molecule has 1 atom stereocenters. The van der Waals surface area contributed by atoms with Crippen molar-refractivity contribution in [2.24, 2.45) is 4.99 Å². The van der Waals surface area contributed by atoms with E-state index in [1.807, 2.05) is 7.05 Å². The molecule has 1 aliphatic rings. The van der Waals surface area contributed by atoms with E-state index < -0.39 is 0 Å². The van der Waals surface area contributed by atoms with Crippen LogP contribution in [0.3, 0.4) is 0 Å². The fourth-order valence-electron chi connectivity index (χ4n) is 3.84. The fourth-order valence-corrected chi connectivity index (χ4v) is 3.84. The first kappa shape index (κ1) is 23.7. The van der Waals surface area contributed by atoms with Gasteiger partial charge in [-0.25, -0.2) is 0 Å². The van der Waals surface area contributed by atoms with Crippen LogP contribution < -0.4 is 10.6 Å². The van der Waals surface area contributed by atoms with Gasteiger partial charge in [0.2, 0.25) is 0 Å². The predicted molar refractivity (Wildman–Crippen MR) is 134 cm³/mol. The van der Waals surface area contributed by atoms with Crippen LogP contribution in [-0.2, 0) is 6.42 Å². The normalized spacial score (nSPS) is 16.7. The molecule has 1 fully saturated rings. The van der Waals surface area contributed by atoms with Crippen molar-refractivity contribution in [2.45, 2.75) is 45.2 Å². The summed E-state index contributed by atoms with van der Waals surface area (Å²) in [5.41, 5.74) is 4.07. The van der Waals surface area contributed by atoms with Crippen LogP contribution >= 0.6 is 24.0 Å². The Bertz CT molecular complexity index is 737. The third-order valence-electron chi connectivity index (χ3n) is 5.75. The Morgan fingerprint density at radius 3 is 2.34 bits per heavy atom. The zero-order valence-electron chi connectivity index (χ0n) is 17.9. The van der Waals surface area contributed by atoms with Gasteiger partial charge in [0.15, 0.2) is 5.96 Å². The lowest BCUT2D eigenvalue weighted by molar-refractivity contribution is 0.158. The summed E-state index contributed by atoms with van der Waals surface area (Å²) in [5, 5.41) is 7.08. The maximum Gasteiger partial charge on any atom is 0.191 e. The Morgan fingerprint density at radius 1 is 1.07 bits per heavy atom. The zero-order valence-corrected chi connectivity index (χ0v) is 20.2. The van der Waals surface area contributed by atoms with Crippen LogP contribution in [0.2, 0.25) is 0 Å². The molecule has 2 aromatic rings. The summed E-state index contributed by atoms with van der Waals surface area (Å²) in [7, 11) is 1.85. The third-order valence-corrected chi connectivity index (χ3v) is 5.75. The van der Waals surface area contributed by atoms with Crippen molar-refractivity contribution >= 4 is 29.9 Å². The predicted octanol–water partition coefficient (Wildman–Crippen LogP) is 4.55. The van der Waals surface area contributed by atoms with Crippen LogP contribution in [0, 0.1) is 6.92 Å². The molecule has 1 saturated heterocycles. The van der Waals surface area contributed by atoms with Crippen LogP contribution in [0.1, 0.15) is 42.5 Å². The van der Waals surface area contributed by atoms with E-state index in [-0.39, 0.29) is 24.0 Å². The first-order valence-corrected chi connectivity index (χ1v) is 10.5. The van der Waals surface area contributed by atoms with Gasteiger partial charge in [-0.05, 0) is 44.2 Å². The number of aliphatic imine (C=N–C) groups is 1. The van der Waals surface area contributed by atoms with Crippen molar-refractivity contribution in [3.63, 3.8) is 0 Å². The van der Waals surface area contributed by atoms with E-state index in [1.165, 1.54) is 16.7 Å². The molecule has 5 heteroatoms. The number of hydrogen-bond acceptors (Lipinski definition) is 2. The minimum Gasteiger partial charge on any atom is -0.356 e. The molecule has 1 heterocycles. The number of piperidine rings is 1. The molecule has 2 aromatic carbocycles. The minimum atomic E-state index is 0. The monoisotopic (exact) mass is 506 g/mol. The lowest BCUT2D eigenvalue weighted by Gasteiger charge is -2.37. The molecule has 3 rings (SSSR count). The molecular weight excluding hydrogens is 471 g/mol. The Labute approximate surface area is 193 Å². The van der Waals surface area contributed by atoms with Gasteiger partial charge in [0, 0.05) is 38.8 Å². The van der Waals surface area contributed by atoms with Crippen molar-refractivity contribution in [3.8, 4) is 0 Å². The van der Waals surface area contributed by atoms with Gasteiger partial charge >= 0.3 is 0 Å². The molecule has 158 valence electrons. The highest BCUT2D eigenvalue weighted by Gasteiger charge is 2.23. The first-order valence-electron chi connectivity index (χ1n) is 10.5. The molecule has 0 bridgehead atoms. The number of rotatable bonds is 6. The van der Waals surface area contributed by atoms with Crippen LogP contribution in [0.4, 0.5) is 0 Å². The Morgan fingerprint density at radius 2 is 1.72 bits per heavy atom. The molecule has 2 N–H and O–H groups in total. The smallest absolute Gasteiger partial charge is 0.191 e. The maximum absolute atomic E-state index is 4.41. The Kier molecular flexibility index (Phi) is 9.94. The van der Waals surface area contributed by atoms with Gasteiger partial charge in [-0.2, -0.15) is 0 Å². The second-order valence-electron chi connectivity index (χ2n) is 7.78. The van der Waals surface area contributed by atoms with Crippen molar-refractivity contribution in [3.05, 3.63) is 71.3 Å². The summed E-state index contributed by atoms with van der Waals surface area (Å²) in [4.78, 5) is 6.99. The average Bonchev–Trinajstić information content (AvgIpc) is 2.75. The number of guanidine groups is 1. The number of halogens is 1. The standard InChI is InChI=1S/C24H34N4.HI/c1-19-9-11-21(12-10-19)13-16-26-24(25-3)27-23-14-17-28(18-15-23)20(2)22-7-5-4-6-8-22;/h4-12,20,23H,13-18H2,1-3H3,(H2,25,26,27);1H. The Hall–Kier alpha value is -1.60. The fraction of sp³-hybridized carbons (Fsp3) is 0.458. The number of hydrogen-bond donors (Lipinski definition) is 2. The summed E-state index contributed by atoms with van der Waals surface area (Å²) in [5.74, 6) is 0.918. The van der Waals surface area contributed by atoms with Crippen LogP contribution in [-0.4, -0.2) is 43.6 Å². The third kappa shape index (κ3) is 7.30. The average molecular weight is 506 g/mol. The summed E-state index contributed by atoms with van der Waals surface area (Å²) >= 11 is 0. The molecular formula is C24H35IN4. The summed E-state index contributed by atoms with van der Waals surface area (Å²) < 4.78 is 0. The minimum absolute atomic E-state index is 0. The maximum atomic E-state index is 4.41. The molecule has 1 aliphatic heterocycles. The molecule has 29 heavy (non-hydrogen) atoms. The number of aryl methyl sites for hydroxylation is 1. The van der Waals surface area contributed by atoms with Crippen LogP contribution in [0.15, 0.2) is 59.6 Å². The SMILES string of the molecule is CN=C(NCCc1ccc(C)cc1)NC1CCN(C(C)c2ccccc2)CC1.I. The molecule has 0 amide bonds. The van der Waals surface area contributed by atoms with E-state index in [4.69, 9.17) is 0 Å². The van der Waals surface area contributed by atoms with Gasteiger partial charge in [-0.3, -0.25) is 9.89 Å². The molecule has 0 aromatic heterocycles. The van der Waals surface area contributed by atoms with Gasteiger partial charge in [0.1, 0.15) is 0 Å². The molecule has 0 saturated carbocycles. The number of likely N-dealkylation sites (tertiary alicyclic amines) is 1. The molecule has 0 aliphatic carbocycles. The van der Waals surface area contributed by atoms with Gasteiger partial charge in [0.05, 0.1) is 0 Å². The van der Waals surface area contributed by atoms with Gasteiger partial charge < -0.3 is 10.6 Å². The van der Waals surface area contributed by atoms with Crippen molar-refractivity contribution in [1.82, 2.24) is 15.5 Å². The molecule has 1 unspecified atom stereocenters. The highest BCUT2D eigenvalue weighted by Crippen LogP contribution is 2.23. The van der Waals surface area contributed by atoms with Crippen molar-refractivity contribution in [1.29, 1.82) is 0 Å². The number of nitrogens with one attached hydrogen (secondary N) is 2. The van der Waals surface area contributed by atoms with E-state index in [9.17, 15) is 0 Å². The van der Waals surface area contributed by atoms with E-state index in [1.54, 1.807) is 0 Å². The van der Waals surface area contributed by atoms with Gasteiger partial charge in [0.25, 0.3) is 0 Å². The molecule has 0 radical (unpaired) electrons. The lowest BCUT2D eigenvalue weighted by atomic mass is 10.0. The number of benzene rings is 2. The highest BCUT2D eigenvalue weighted by atomic mass is 127. The quantitative estimate of drug-likeness (QED) is 0.343.